The van der Waals surface area contributed by atoms with Crippen LogP contribution in [0.1, 0.15) is 31.1 Å². The maximum absolute atomic E-state index is 11.6. The summed E-state index contributed by atoms with van der Waals surface area (Å²) < 4.78 is 17.1. The number of benzene rings is 1. The first-order valence-corrected chi connectivity index (χ1v) is 6.99. The van der Waals surface area contributed by atoms with Gasteiger partial charge >= 0.3 is 5.97 Å². The highest BCUT2D eigenvalue weighted by Crippen LogP contribution is 2.29. The quantitative estimate of drug-likeness (QED) is 0.583. The van der Waals surface area contributed by atoms with Crippen molar-refractivity contribution in [3.63, 3.8) is 0 Å². The molecule has 0 saturated carbocycles. The lowest BCUT2D eigenvalue weighted by atomic mass is 10.1. The molecule has 0 aromatic heterocycles. The Morgan fingerprint density at radius 1 is 1.05 bits per heavy atom. The minimum absolute atomic E-state index is 0.146. The van der Waals surface area contributed by atoms with Gasteiger partial charge in [-0.1, -0.05) is 42.5 Å². The number of hydrogen-bond acceptors (Lipinski definition) is 4. The summed E-state index contributed by atoms with van der Waals surface area (Å²) in [5.41, 5.74) is 0.987. The van der Waals surface area contributed by atoms with Gasteiger partial charge in [0.15, 0.2) is 12.4 Å². The molecular weight excluding hydrogens is 256 g/mol. The summed E-state index contributed by atoms with van der Waals surface area (Å²) in [6, 6.07) is 9.82. The largest absolute Gasteiger partial charge is 0.457 e. The number of carbonyl (C=O) groups is 1. The summed E-state index contributed by atoms with van der Waals surface area (Å²) in [4.78, 5) is 11.6. The molecule has 0 radical (unpaired) electrons. The van der Waals surface area contributed by atoms with Gasteiger partial charge in [-0.2, -0.15) is 0 Å². The first-order valence-electron chi connectivity index (χ1n) is 6.99. The van der Waals surface area contributed by atoms with Crippen LogP contribution in [0.5, 0.6) is 0 Å². The topological polar surface area (TPSA) is 44.8 Å². The van der Waals surface area contributed by atoms with E-state index in [4.69, 9.17) is 14.2 Å². The van der Waals surface area contributed by atoms with E-state index in [1.54, 1.807) is 0 Å². The van der Waals surface area contributed by atoms with Crippen LogP contribution in [0.15, 0.2) is 42.5 Å². The van der Waals surface area contributed by atoms with Crippen molar-refractivity contribution >= 4 is 5.97 Å². The van der Waals surface area contributed by atoms with Gasteiger partial charge in [0, 0.05) is 12.0 Å². The van der Waals surface area contributed by atoms with Crippen LogP contribution < -0.4 is 0 Å². The zero-order valence-electron chi connectivity index (χ0n) is 11.2. The van der Waals surface area contributed by atoms with E-state index in [9.17, 15) is 4.79 Å². The molecule has 0 aliphatic carbocycles. The molecule has 3 rings (SSSR count). The highest BCUT2D eigenvalue weighted by molar-refractivity contribution is 5.69. The van der Waals surface area contributed by atoms with Crippen LogP contribution in [-0.4, -0.2) is 24.8 Å². The summed E-state index contributed by atoms with van der Waals surface area (Å²) in [7, 11) is 0. The maximum Gasteiger partial charge on any atom is 0.306 e. The summed E-state index contributed by atoms with van der Waals surface area (Å²) in [6.45, 7) is 0.379. The Balaban J connectivity index is 1.73. The Labute approximate surface area is 118 Å². The van der Waals surface area contributed by atoms with Gasteiger partial charge in [0.05, 0.1) is 6.61 Å². The molecule has 3 atom stereocenters. The molecule has 1 fully saturated rings. The molecule has 0 spiro atoms. The van der Waals surface area contributed by atoms with Crippen molar-refractivity contribution in [2.24, 2.45) is 0 Å². The molecule has 1 aromatic carbocycles. The summed E-state index contributed by atoms with van der Waals surface area (Å²) in [5.74, 6) is -0.183. The third-order valence-electron chi connectivity index (χ3n) is 3.53. The SMILES string of the molecule is O=C1CC/C=C\C[C@@H]2O[C@H](c3ccccc3)OC[C@H]2O1. The molecular formula is C16H18O4. The first-order chi connectivity index (χ1) is 9.83. The normalized spacial score (nSPS) is 32.2. The Morgan fingerprint density at radius 3 is 2.75 bits per heavy atom. The average molecular weight is 274 g/mol. The van der Waals surface area contributed by atoms with Crippen molar-refractivity contribution in [3.8, 4) is 0 Å². The summed E-state index contributed by atoms with van der Waals surface area (Å²) in [6.07, 6.45) is 5.11. The Morgan fingerprint density at radius 2 is 1.90 bits per heavy atom. The molecule has 0 amide bonds. The van der Waals surface area contributed by atoms with Crippen LogP contribution in [0.25, 0.3) is 0 Å². The molecule has 106 valence electrons. The molecule has 0 unspecified atom stereocenters. The Hall–Kier alpha value is -1.65. The summed E-state index contributed by atoms with van der Waals surface area (Å²) >= 11 is 0. The lowest BCUT2D eigenvalue weighted by molar-refractivity contribution is -0.261. The van der Waals surface area contributed by atoms with E-state index in [0.29, 0.717) is 13.0 Å². The Kier molecular flexibility index (Phi) is 4.14. The van der Waals surface area contributed by atoms with E-state index < -0.39 is 0 Å². The molecule has 4 heteroatoms. The van der Waals surface area contributed by atoms with Gasteiger partial charge in [0.25, 0.3) is 0 Å². The number of hydrogen-bond donors (Lipinski definition) is 0. The van der Waals surface area contributed by atoms with Gasteiger partial charge in [0.1, 0.15) is 6.10 Å². The lowest BCUT2D eigenvalue weighted by Gasteiger charge is -2.35. The van der Waals surface area contributed by atoms with Crippen molar-refractivity contribution < 1.29 is 19.0 Å². The van der Waals surface area contributed by atoms with Crippen molar-refractivity contribution in [3.05, 3.63) is 48.0 Å². The van der Waals surface area contributed by atoms with Crippen molar-refractivity contribution in [1.29, 1.82) is 0 Å². The minimum Gasteiger partial charge on any atom is -0.457 e. The summed E-state index contributed by atoms with van der Waals surface area (Å²) in [5, 5.41) is 0. The molecule has 1 saturated heterocycles. The number of fused-ring (bicyclic) bond motifs is 1. The highest BCUT2D eigenvalue weighted by atomic mass is 16.7. The van der Waals surface area contributed by atoms with Crippen LogP contribution >= 0.6 is 0 Å². The fourth-order valence-corrected chi connectivity index (χ4v) is 2.45. The van der Waals surface area contributed by atoms with Crippen LogP contribution in [0.3, 0.4) is 0 Å². The van der Waals surface area contributed by atoms with Crippen molar-refractivity contribution in [1.82, 2.24) is 0 Å². The van der Waals surface area contributed by atoms with Crippen LogP contribution in [0, 0.1) is 0 Å². The third-order valence-corrected chi connectivity index (χ3v) is 3.53. The second-order valence-electron chi connectivity index (χ2n) is 5.02. The molecule has 2 aliphatic rings. The second-order valence-corrected chi connectivity index (χ2v) is 5.02. The fraction of sp³-hybridized carbons (Fsp3) is 0.438. The van der Waals surface area contributed by atoms with Crippen LogP contribution in [0.2, 0.25) is 0 Å². The van der Waals surface area contributed by atoms with Crippen LogP contribution in [-0.2, 0) is 19.0 Å². The van der Waals surface area contributed by atoms with Gasteiger partial charge < -0.3 is 14.2 Å². The van der Waals surface area contributed by atoms with E-state index in [0.717, 1.165) is 18.4 Å². The second kappa shape index (κ2) is 6.20. The number of esters is 1. The smallest absolute Gasteiger partial charge is 0.306 e. The zero-order valence-corrected chi connectivity index (χ0v) is 11.2. The van der Waals surface area contributed by atoms with Gasteiger partial charge in [-0.3, -0.25) is 4.79 Å². The predicted molar refractivity (Wildman–Crippen MR) is 72.9 cm³/mol. The molecule has 20 heavy (non-hydrogen) atoms. The average Bonchev–Trinajstić information content (AvgIpc) is 2.57. The van der Waals surface area contributed by atoms with E-state index in [1.165, 1.54) is 0 Å². The molecule has 2 aliphatic heterocycles. The van der Waals surface area contributed by atoms with E-state index in [2.05, 4.69) is 6.08 Å². The van der Waals surface area contributed by atoms with Gasteiger partial charge in [-0.15, -0.1) is 0 Å². The standard InChI is InChI=1S/C16H18O4/c17-15-10-6-2-5-9-13-14(19-15)11-18-16(20-13)12-7-3-1-4-8-12/h1-5,7-8,13-14,16H,6,9-11H2/b5-2-/t13-,14+,16+/m0/s1. The number of ether oxygens (including phenoxy) is 3. The number of rotatable bonds is 1. The molecule has 4 nitrogen and oxygen atoms in total. The van der Waals surface area contributed by atoms with E-state index in [1.807, 2.05) is 36.4 Å². The van der Waals surface area contributed by atoms with Gasteiger partial charge in [-0.05, 0) is 12.8 Å². The first kappa shape index (κ1) is 13.3. The highest BCUT2D eigenvalue weighted by Gasteiger charge is 2.34. The van der Waals surface area contributed by atoms with Gasteiger partial charge in [-0.25, -0.2) is 0 Å². The van der Waals surface area contributed by atoms with Crippen LogP contribution in [0.4, 0.5) is 0 Å². The zero-order chi connectivity index (χ0) is 13.8. The van der Waals surface area contributed by atoms with Crippen molar-refractivity contribution in [2.75, 3.05) is 6.61 Å². The predicted octanol–water partition coefficient (Wildman–Crippen LogP) is 2.75. The molecule has 1 aromatic rings. The van der Waals surface area contributed by atoms with E-state index >= 15 is 0 Å². The lowest BCUT2D eigenvalue weighted by Crippen LogP contribution is -2.42. The molecule has 0 N–H and O–H groups in total. The molecule has 0 bridgehead atoms. The molecule has 2 heterocycles. The minimum atomic E-state index is -0.384. The number of carbonyl (C=O) groups excluding carboxylic acids is 1. The van der Waals surface area contributed by atoms with Crippen molar-refractivity contribution in [2.45, 2.75) is 37.8 Å². The maximum atomic E-state index is 11.6. The third kappa shape index (κ3) is 3.08. The fourth-order valence-electron chi connectivity index (χ4n) is 2.45. The van der Waals surface area contributed by atoms with Gasteiger partial charge in [0.2, 0.25) is 0 Å². The van der Waals surface area contributed by atoms with E-state index in [-0.39, 0.29) is 24.5 Å². The number of allylic oxidation sites excluding steroid dienone is 1. The Bertz CT molecular complexity index is 483. The monoisotopic (exact) mass is 274 g/mol.